The molecular weight excluding hydrogens is 380 g/mol. The molecule has 144 valence electrons. The van der Waals surface area contributed by atoms with E-state index in [0.717, 1.165) is 16.9 Å². The molecule has 0 spiro atoms. The van der Waals surface area contributed by atoms with E-state index in [1.165, 1.54) is 10.6 Å². The third kappa shape index (κ3) is 3.38. The zero-order valence-corrected chi connectivity index (χ0v) is 16.4. The van der Waals surface area contributed by atoms with Gasteiger partial charge < -0.3 is 14.5 Å². The number of ether oxygens (including phenoxy) is 1. The van der Waals surface area contributed by atoms with E-state index in [9.17, 15) is 4.79 Å². The number of rotatable bonds is 4. The van der Waals surface area contributed by atoms with Gasteiger partial charge in [-0.25, -0.2) is 14.8 Å². The van der Waals surface area contributed by atoms with Crippen LogP contribution in [0, 0.1) is 0 Å². The smallest absolute Gasteiger partial charge is 0.391 e. The van der Waals surface area contributed by atoms with Crippen LogP contribution in [0.25, 0.3) is 11.3 Å². The van der Waals surface area contributed by atoms with Crippen LogP contribution in [0.4, 0.5) is 4.79 Å². The summed E-state index contributed by atoms with van der Waals surface area (Å²) in [5.41, 5.74) is 3.02. The molecule has 0 saturated carbocycles. The lowest BCUT2D eigenvalue weighted by molar-refractivity contribution is 0.193. The van der Waals surface area contributed by atoms with Crippen molar-refractivity contribution < 1.29 is 9.53 Å². The van der Waals surface area contributed by atoms with Crippen LogP contribution in [0.15, 0.2) is 42.9 Å². The molecule has 0 aliphatic heterocycles. The fraction of sp³-hybridized carbons (Fsp3) is 0.263. The molecule has 0 aliphatic rings. The maximum absolute atomic E-state index is 12.4. The van der Waals surface area contributed by atoms with E-state index in [-0.39, 0.29) is 23.0 Å². The largest absolute Gasteiger partial charge is 0.414 e. The van der Waals surface area contributed by atoms with Crippen molar-refractivity contribution in [3.05, 3.63) is 59.3 Å². The second kappa shape index (κ2) is 7.12. The van der Waals surface area contributed by atoms with Crippen LogP contribution in [0.2, 0.25) is 5.15 Å². The lowest BCUT2D eigenvalue weighted by Gasteiger charge is -2.12. The first-order valence-electron chi connectivity index (χ1n) is 8.88. The lowest BCUT2D eigenvalue weighted by Crippen LogP contribution is -2.30. The third-order valence-corrected chi connectivity index (χ3v) is 4.61. The molecule has 0 aliphatic carbocycles. The number of imidazole rings is 1. The number of aromatic nitrogens is 5. The van der Waals surface area contributed by atoms with Crippen molar-refractivity contribution in [3.8, 4) is 5.88 Å². The van der Waals surface area contributed by atoms with Crippen LogP contribution in [0.1, 0.15) is 44.0 Å². The molecule has 0 fully saturated rings. The van der Waals surface area contributed by atoms with Crippen molar-refractivity contribution in [1.82, 2.24) is 29.3 Å². The average molecular weight is 399 g/mol. The molecule has 1 N–H and O–H groups in total. The first-order chi connectivity index (χ1) is 13.4. The minimum atomic E-state index is -0.630. The van der Waals surface area contributed by atoms with Gasteiger partial charge in [0.15, 0.2) is 5.65 Å². The van der Waals surface area contributed by atoms with Gasteiger partial charge >= 0.3 is 6.09 Å². The number of nitrogens with one attached hydrogen (secondary N) is 1. The number of halogens is 1. The van der Waals surface area contributed by atoms with E-state index in [2.05, 4.69) is 20.4 Å². The summed E-state index contributed by atoms with van der Waals surface area (Å²) in [6.07, 6.45) is 4.84. The van der Waals surface area contributed by atoms with Crippen LogP contribution in [-0.2, 0) is 0 Å². The molecule has 4 rings (SSSR count). The van der Waals surface area contributed by atoms with Gasteiger partial charge in [-0.2, -0.15) is 9.61 Å². The van der Waals surface area contributed by atoms with Gasteiger partial charge in [-0.1, -0.05) is 31.5 Å². The first-order valence-corrected chi connectivity index (χ1v) is 9.26. The number of pyridine rings is 1. The van der Waals surface area contributed by atoms with Crippen LogP contribution in [0.5, 0.6) is 5.88 Å². The number of hydrogen-bond donors (Lipinski definition) is 1. The van der Waals surface area contributed by atoms with E-state index in [4.69, 9.17) is 16.3 Å². The Morgan fingerprint density at radius 2 is 2.07 bits per heavy atom. The molecule has 4 heterocycles. The normalized spacial score (nSPS) is 12.6. The zero-order valence-electron chi connectivity index (χ0n) is 15.6. The molecule has 4 aromatic heterocycles. The van der Waals surface area contributed by atoms with Gasteiger partial charge in [0.05, 0.1) is 17.9 Å². The van der Waals surface area contributed by atoms with E-state index < -0.39 is 6.09 Å². The highest BCUT2D eigenvalue weighted by atomic mass is 35.5. The minimum Gasteiger partial charge on any atom is -0.391 e. The van der Waals surface area contributed by atoms with Gasteiger partial charge in [0, 0.05) is 24.0 Å². The second-order valence-electron chi connectivity index (χ2n) is 6.79. The van der Waals surface area contributed by atoms with Crippen molar-refractivity contribution in [2.24, 2.45) is 0 Å². The maximum Gasteiger partial charge on any atom is 0.414 e. The molecule has 4 aromatic rings. The minimum absolute atomic E-state index is 0.196. The molecule has 0 radical (unpaired) electrons. The highest BCUT2D eigenvalue weighted by Crippen LogP contribution is 2.25. The van der Waals surface area contributed by atoms with Crippen LogP contribution in [-0.4, -0.2) is 30.1 Å². The van der Waals surface area contributed by atoms with Gasteiger partial charge in [-0.15, -0.1) is 0 Å². The number of fused-ring (bicyclic) bond motifs is 2. The van der Waals surface area contributed by atoms with Gasteiger partial charge in [0.2, 0.25) is 5.88 Å². The van der Waals surface area contributed by atoms with Crippen molar-refractivity contribution in [3.63, 3.8) is 0 Å². The Bertz CT molecular complexity index is 1130. The molecule has 0 aromatic carbocycles. The van der Waals surface area contributed by atoms with E-state index in [1.807, 2.05) is 55.8 Å². The Balaban J connectivity index is 1.55. The van der Waals surface area contributed by atoms with Gasteiger partial charge in [-0.05, 0) is 25.0 Å². The third-order valence-electron chi connectivity index (χ3n) is 4.42. The van der Waals surface area contributed by atoms with E-state index in [0.29, 0.717) is 5.65 Å². The molecule has 1 amide bonds. The standard InChI is InChI=1S/C19H19ClN6O2/c1-11(2)13-9-21-26-17(8-15(20)24-18(13)26)28-19(27)22-12(3)14-10-25-7-5-4-6-16(25)23-14/h4-12H,1-3H3,(H,22,27). The van der Waals surface area contributed by atoms with Crippen molar-refractivity contribution in [2.45, 2.75) is 32.7 Å². The van der Waals surface area contributed by atoms with Crippen molar-refractivity contribution >= 4 is 29.0 Å². The Hall–Kier alpha value is -3.13. The number of hydrogen-bond acceptors (Lipinski definition) is 5. The summed E-state index contributed by atoms with van der Waals surface area (Å²) < 4.78 is 8.82. The van der Waals surface area contributed by atoms with Crippen LogP contribution < -0.4 is 10.1 Å². The fourth-order valence-electron chi connectivity index (χ4n) is 2.94. The summed E-state index contributed by atoms with van der Waals surface area (Å²) in [5.74, 6) is 0.404. The quantitative estimate of drug-likeness (QED) is 0.525. The summed E-state index contributed by atoms with van der Waals surface area (Å²) >= 11 is 6.11. The summed E-state index contributed by atoms with van der Waals surface area (Å²) in [7, 11) is 0. The molecule has 9 heteroatoms. The number of amides is 1. The van der Waals surface area contributed by atoms with Gasteiger partial charge in [-0.3, -0.25) is 0 Å². The molecule has 1 unspecified atom stereocenters. The predicted octanol–water partition coefficient (Wildman–Crippen LogP) is 4.00. The summed E-state index contributed by atoms with van der Waals surface area (Å²) in [6.45, 7) is 5.90. The number of carbonyl (C=O) groups is 1. The second-order valence-corrected chi connectivity index (χ2v) is 7.18. The predicted molar refractivity (Wildman–Crippen MR) is 105 cm³/mol. The summed E-state index contributed by atoms with van der Waals surface area (Å²) in [4.78, 5) is 21.2. The average Bonchev–Trinajstić information content (AvgIpc) is 3.25. The first kappa shape index (κ1) is 18.2. The number of nitrogens with zero attached hydrogens (tertiary/aromatic N) is 5. The van der Waals surface area contributed by atoms with Crippen LogP contribution >= 0.6 is 11.6 Å². The Labute approximate surface area is 166 Å². The topological polar surface area (TPSA) is 85.8 Å². The molecular formula is C19H19ClN6O2. The molecule has 1 atom stereocenters. The fourth-order valence-corrected chi connectivity index (χ4v) is 3.12. The summed E-state index contributed by atoms with van der Waals surface area (Å²) in [6, 6.07) is 6.84. The Morgan fingerprint density at radius 1 is 1.25 bits per heavy atom. The monoisotopic (exact) mass is 398 g/mol. The van der Waals surface area contributed by atoms with Crippen LogP contribution in [0.3, 0.4) is 0 Å². The van der Waals surface area contributed by atoms with Crippen molar-refractivity contribution in [1.29, 1.82) is 0 Å². The summed E-state index contributed by atoms with van der Waals surface area (Å²) in [5, 5.41) is 7.28. The highest BCUT2D eigenvalue weighted by Gasteiger charge is 2.18. The molecule has 0 saturated heterocycles. The molecule has 28 heavy (non-hydrogen) atoms. The van der Waals surface area contributed by atoms with Crippen molar-refractivity contribution in [2.75, 3.05) is 0 Å². The van der Waals surface area contributed by atoms with Gasteiger partial charge in [0.25, 0.3) is 0 Å². The van der Waals surface area contributed by atoms with E-state index in [1.54, 1.807) is 6.20 Å². The molecule has 8 nitrogen and oxygen atoms in total. The van der Waals surface area contributed by atoms with E-state index >= 15 is 0 Å². The SMILES string of the molecule is CC(C)c1cnn2c(OC(=O)NC(C)c3cn4ccccc4n3)cc(Cl)nc12. The Morgan fingerprint density at radius 3 is 2.82 bits per heavy atom. The Kier molecular flexibility index (Phi) is 4.64. The lowest BCUT2D eigenvalue weighted by atomic mass is 10.1. The number of carbonyl (C=O) groups excluding carboxylic acids is 1. The molecule has 0 bridgehead atoms. The zero-order chi connectivity index (χ0) is 19.8. The highest BCUT2D eigenvalue weighted by molar-refractivity contribution is 6.29. The maximum atomic E-state index is 12.4. The van der Waals surface area contributed by atoms with Gasteiger partial charge in [0.1, 0.15) is 10.8 Å².